The van der Waals surface area contributed by atoms with Gasteiger partial charge in [-0.05, 0) is 29.2 Å². The van der Waals surface area contributed by atoms with Crippen molar-refractivity contribution in [2.75, 3.05) is 5.32 Å². The van der Waals surface area contributed by atoms with Crippen molar-refractivity contribution in [3.8, 4) is 0 Å². The number of anilines is 1. The Morgan fingerprint density at radius 1 is 1.07 bits per heavy atom. The zero-order valence-corrected chi connectivity index (χ0v) is 15.8. The number of hydrogen-bond acceptors (Lipinski definition) is 4. The van der Waals surface area contributed by atoms with E-state index >= 15 is 0 Å². The van der Waals surface area contributed by atoms with Gasteiger partial charge < -0.3 is 15.1 Å². The first-order chi connectivity index (χ1) is 12.9. The molecule has 0 bridgehead atoms. The lowest BCUT2D eigenvalue weighted by Gasteiger charge is -2.23. The molecule has 0 aliphatic rings. The van der Waals surface area contributed by atoms with Crippen LogP contribution in [0, 0.1) is 5.92 Å². The van der Waals surface area contributed by atoms with Crippen LogP contribution in [0.2, 0.25) is 0 Å². The van der Waals surface area contributed by atoms with Gasteiger partial charge in [-0.2, -0.15) is 0 Å². The van der Waals surface area contributed by atoms with E-state index in [2.05, 4.69) is 36.6 Å². The monoisotopic (exact) mass is 364 g/mol. The molecule has 2 aromatic carbocycles. The minimum absolute atomic E-state index is 0.169. The molecule has 0 aliphatic heterocycles. The fourth-order valence-electron chi connectivity index (χ4n) is 3.28. The Labute approximate surface area is 158 Å². The molecule has 27 heavy (non-hydrogen) atoms. The van der Waals surface area contributed by atoms with E-state index in [0.717, 1.165) is 10.9 Å². The fraction of sp³-hybridized carbons (Fsp3) is 0.273. The van der Waals surface area contributed by atoms with Crippen molar-refractivity contribution >= 4 is 22.6 Å². The standard InChI is InChI=1S/C22H24N2O3/c1-14(2)22(16-7-5-4-6-8-16)23-13-17-11-21(26)27-20-12-18(24-15(3)25)9-10-19(17)20/h4-12,14,22-23H,13H2,1-3H3,(H,24,25)/t22-/m0/s1. The highest BCUT2D eigenvalue weighted by Crippen LogP contribution is 2.25. The molecule has 3 rings (SSSR count). The quantitative estimate of drug-likeness (QED) is 0.642. The fourth-order valence-corrected chi connectivity index (χ4v) is 3.28. The Morgan fingerprint density at radius 2 is 1.81 bits per heavy atom. The Balaban J connectivity index is 1.89. The number of rotatable bonds is 6. The minimum atomic E-state index is -0.403. The summed E-state index contributed by atoms with van der Waals surface area (Å²) in [5.41, 5.74) is 2.75. The largest absolute Gasteiger partial charge is 0.423 e. The molecule has 1 aromatic heterocycles. The van der Waals surface area contributed by atoms with Gasteiger partial charge in [-0.3, -0.25) is 4.79 Å². The molecule has 0 fully saturated rings. The second kappa shape index (κ2) is 8.18. The van der Waals surface area contributed by atoms with Gasteiger partial charge in [-0.15, -0.1) is 0 Å². The number of amides is 1. The highest BCUT2D eigenvalue weighted by Gasteiger charge is 2.16. The van der Waals surface area contributed by atoms with Gasteiger partial charge in [-0.25, -0.2) is 4.79 Å². The molecule has 1 atom stereocenters. The van der Waals surface area contributed by atoms with Crippen molar-refractivity contribution in [3.63, 3.8) is 0 Å². The first kappa shape index (κ1) is 18.9. The zero-order valence-electron chi connectivity index (χ0n) is 15.8. The predicted octanol–water partition coefficient (Wildman–Crippen LogP) is 4.24. The molecule has 1 heterocycles. The van der Waals surface area contributed by atoms with Crippen molar-refractivity contribution in [1.82, 2.24) is 5.32 Å². The minimum Gasteiger partial charge on any atom is -0.423 e. The maximum Gasteiger partial charge on any atom is 0.336 e. The van der Waals surface area contributed by atoms with Gasteiger partial charge in [0, 0.05) is 42.7 Å². The molecule has 140 valence electrons. The zero-order chi connectivity index (χ0) is 19.4. The SMILES string of the molecule is CC(=O)Nc1ccc2c(CN[C@H](c3ccccc3)C(C)C)cc(=O)oc2c1. The molecular weight excluding hydrogens is 340 g/mol. The van der Waals surface area contributed by atoms with E-state index in [1.165, 1.54) is 18.6 Å². The summed E-state index contributed by atoms with van der Waals surface area (Å²) in [4.78, 5) is 23.3. The number of fused-ring (bicyclic) bond motifs is 1. The predicted molar refractivity (Wildman–Crippen MR) is 108 cm³/mol. The number of hydrogen-bond donors (Lipinski definition) is 2. The van der Waals surface area contributed by atoms with E-state index in [1.54, 1.807) is 6.07 Å². The van der Waals surface area contributed by atoms with Gasteiger partial charge in [0.2, 0.25) is 5.91 Å². The normalized spacial score (nSPS) is 12.3. The lowest BCUT2D eigenvalue weighted by molar-refractivity contribution is -0.114. The summed E-state index contributed by atoms with van der Waals surface area (Å²) in [5, 5.41) is 7.13. The summed E-state index contributed by atoms with van der Waals surface area (Å²) in [6.07, 6.45) is 0. The van der Waals surface area contributed by atoms with Crippen molar-refractivity contribution in [2.45, 2.75) is 33.4 Å². The molecule has 1 amide bonds. The molecule has 5 heteroatoms. The van der Waals surface area contributed by atoms with E-state index in [9.17, 15) is 9.59 Å². The second-order valence-corrected chi connectivity index (χ2v) is 7.00. The third-order valence-corrected chi connectivity index (χ3v) is 4.49. The van der Waals surface area contributed by atoms with Crippen LogP contribution < -0.4 is 16.3 Å². The molecule has 0 unspecified atom stereocenters. The van der Waals surface area contributed by atoms with Gasteiger partial charge >= 0.3 is 5.63 Å². The Hall–Kier alpha value is -2.92. The van der Waals surface area contributed by atoms with Crippen LogP contribution in [0.1, 0.15) is 37.9 Å². The van der Waals surface area contributed by atoms with E-state index in [0.29, 0.717) is 23.7 Å². The molecule has 0 aliphatic carbocycles. The molecule has 0 saturated carbocycles. The first-order valence-electron chi connectivity index (χ1n) is 9.07. The second-order valence-electron chi connectivity index (χ2n) is 7.00. The van der Waals surface area contributed by atoms with Crippen LogP contribution in [0.25, 0.3) is 11.0 Å². The van der Waals surface area contributed by atoms with Crippen LogP contribution in [0.3, 0.4) is 0 Å². The summed E-state index contributed by atoms with van der Waals surface area (Å²) in [5.74, 6) is 0.224. The first-order valence-corrected chi connectivity index (χ1v) is 9.07. The maximum atomic E-state index is 12.0. The number of benzene rings is 2. The van der Waals surface area contributed by atoms with Crippen LogP contribution in [-0.4, -0.2) is 5.91 Å². The lowest BCUT2D eigenvalue weighted by atomic mass is 9.95. The van der Waals surface area contributed by atoms with E-state index in [4.69, 9.17) is 4.42 Å². The smallest absolute Gasteiger partial charge is 0.336 e. The van der Waals surface area contributed by atoms with Crippen molar-refractivity contribution in [2.24, 2.45) is 5.92 Å². The van der Waals surface area contributed by atoms with Gasteiger partial charge in [0.15, 0.2) is 0 Å². The molecular formula is C22H24N2O3. The van der Waals surface area contributed by atoms with Gasteiger partial charge in [-0.1, -0.05) is 44.2 Å². The average molecular weight is 364 g/mol. The number of nitrogens with one attached hydrogen (secondary N) is 2. The average Bonchev–Trinajstić information content (AvgIpc) is 2.61. The van der Waals surface area contributed by atoms with Crippen molar-refractivity contribution < 1.29 is 9.21 Å². The molecule has 0 saturated heterocycles. The Morgan fingerprint density at radius 3 is 2.48 bits per heavy atom. The van der Waals surface area contributed by atoms with Crippen LogP contribution in [-0.2, 0) is 11.3 Å². The summed E-state index contributed by atoms with van der Waals surface area (Å²) >= 11 is 0. The van der Waals surface area contributed by atoms with E-state index in [1.807, 2.05) is 30.3 Å². The van der Waals surface area contributed by atoms with Crippen molar-refractivity contribution in [3.05, 3.63) is 76.1 Å². The molecule has 5 nitrogen and oxygen atoms in total. The van der Waals surface area contributed by atoms with Gasteiger partial charge in [0.05, 0.1) is 0 Å². The summed E-state index contributed by atoms with van der Waals surface area (Å²) in [6, 6.07) is 17.3. The van der Waals surface area contributed by atoms with Crippen LogP contribution in [0.4, 0.5) is 5.69 Å². The lowest BCUT2D eigenvalue weighted by Crippen LogP contribution is -2.25. The van der Waals surface area contributed by atoms with Crippen LogP contribution in [0.5, 0.6) is 0 Å². The molecule has 0 spiro atoms. The van der Waals surface area contributed by atoms with Gasteiger partial charge in [0.25, 0.3) is 0 Å². The maximum absolute atomic E-state index is 12.0. The van der Waals surface area contributed by atoms with Crippen LogP contribution >= 0.6 is 0 Å². The topological polar surface area (TPSA) is 71.3 Å². The molecule has 2 N–H and O–H groups in total. The third-order valence-electron chi connectivity index (χ3n) is 4.49. The Kier molecular flexibility index (Phi) is 5.72. The number of carbonyl (C=O) groups excluding carboxylic acids is 1. The van der Waals surface area contributed by atoms with Gasteiger partial charge in [0.1, 0.15) is 5.58 Å². The Bertz CT molecular complexity index is 993. The van der Waals surface area contributed by atoms with E-state index in [-0.39, 0.29) is 11.9 Å². The molecule has 0 radical (unpaired) electrons. The highest BCUT2D eigenvalue weighted by molar-refractivity contribution is 5.92. The highest BCUT2D eigenvalue weighted by atomic mass is 16.4. The van der Waals surface area contributed by atoms with Crippen LogP contribution in [0.15, 0.2) is 63.8 Å². The molecule has 3 aromatic rings. The number of carbonyl (C=O) groups is 1. The summed E-state index contributed by atoms with van der Waals surface area (Å²) < 4.78 is 5.33. The third kappa shape index (κ3) is 4.63. The van der Waals surface area contributed by atoms with E-state index < -0.39 is 5.63 Å². The van der Waals surface area contributed by atoms with Crippen molar-refractivity contribution in [1.29, 1.82) is 0 Å². The summed E-state index contributed by atoms with van der Waals surface area (Å²) in [7, 11) is 0. The summed E-state index contributed by atoms with van der Waals surface area (Å²) in [6.45, 7) is 6.32.